The summed E-state index contributed by atoms with van der Waals surface area (Å²) < 4.78 is 10.6. The first-order valence-corrected chi connectivity index (χ1v) is 15.0. The molecule has 1 unspecified atom stereocenters. The first kappa shape index (κ1) is 31.7. The van der Waals surface area contributed by atoms with Crippen molar-refractivity contribution >= 4 is 17.9 Å². The minimum atomic E-state index is -1.07. The Balaban J connectivity index is 1.15. The highest BCUT2D eigenvalue weighted by molar-refractivity contribution is 5.95. The van der Waals surface area contributed by atoms with Crippen molar-refractivity contribution < 1.29 is 29.0 Å². The Bertz CT molecular complexity index is 2000. The van der Waals surface area contributed by atoms with Crippen LogP contribution in [0.5, 0.6) is 5.75 Å². The summed E-state index contributed by atoms with van der Waals surface area (Å²) in [5.41, 5.74) is 5.59. The fourth-order valence-corrected chi connectivity index (χ4v) is 5.42. The van der Waals surface area contributed by atoms with Gasteiger partial charge in [-0.05, 0) is 55.2 Å². The van der Waals surface area contributed by atoms with Gasteiger partial charge in [0.05, 0.1) is 6.54 Å². The number of aromatic nitrogens is 6. The third kappa shape index (κ3) is 6.94. The number of carbonyl (C=O) groups excluding carboxylic acids is 2. The molecular formula is C33H30N8O7. The molecule has 0 fully saturated rings. The Morgan fingerprint density at radius 1 is 0.979 bits per heavy atom. The van der Waals surface area contributed by atoms with Gasteiger partial charge in [-0.3, -0.25) is 9.69 Å². The van der Waals surface area contributed by atoms with Crippen LogP contribution in [0.4, 0.5) is 10.6 Å². The number of fused-ring (bicyclic) bond motifs is 1. The number of rotatable bonds is 10. The Labute approximate surface area is 274 Å². The Hall–Kier alpha value is -6.25. The molecule has 3 aromatic carbocycles. The highest BCUT2D eigenvalue weighted by atomic mass is 16.9. The zero-order chi connectivity index (χ0) is 33.8. The van der Waals surface area contributed by atoms with Gasteiger partial charge < -0.3 is 14.3 Å². The Morgan fingerprint density at radius 3 is 2.48 bits per heavy atom. The topological polar surface area (TPSA) is 178 Å². The molecular weight excluding hydrogens is 620 g/mol. The number of para-hydroxylation sites is 1. The minimum absolute atomic E-state index is 0.0298. The number of anilines is 1. The SMILES string of the molecule is Cc1nc(C)c2c(n1)N(Cc1ccc(-c3ccccc3-c3nnn(C(C)OC(=O)Oc4ccccc4CO[N+](=O)[O-])n3)cc1)C(=O)CC2. The quantitative estimate of drug-likeness (QED) is 0.0822. The Kier molecular flexibility index (Phi) is 9.00. The largest absolute Gasteiger partial charge is 0.515 e. The summed E-state index contributed by atoms with van der Waals surface area (Å²) in [4.78, 5) is 52.3. The third-order valence-electron chi connectivity index (χ3n) is 7.73. The second kappa shape index (κ2) is 13.6. The maximum Gasteiger partial charge on any atom is 0.515 e. The molecule has 0 bridgehead atoms. The van der Waals surface area contributed by atoms with Gasteiger partial charge in [0.25, 0.3) is 5.09 Å². The second-order valence-corrected chi connectivity index (χ2v) is 11.0. The molecule has 244 valence electrons. The lowest BCUT2D eigenvalue weighted by Crippen LogP contribution is -2.36. The van der Waals surface area contributed by atoms with Crippen molar-refractivity contribution in [2.24, 2.45) is 0 Å². The van der Waals surface area contributed by atoms with Crippen molar-refractivity contribution in [3.63, 3.8) is 0 Å². The van der Waals surface area contributed by atoms with E-state index in [1.54, 1.807) is 24.0 Å². The molecule has 5 aromatic rings. The molecule has 2 aromatic heterocycles. The molecule has 0 saturated heterocycles. The standard InChI is InChI=1S/C33H30N8O7/c1-20-26-16-17-30(42)39(32(26)35-21(2)34-20)18-23-12-14-24(15-13-23)27-9-5-6-10-28(27)31-36-38-40(37-31)22(3)47-33(43)48-29-11-7-4-8-25(29)19-46-41(44)45/h4-15,22H,16-19H2,1-3H3. The van der Waals surface area contributed by atoms with Crippen molar-refractivity contribution in [3.8, 4) is 28.3 Å². The van der Waals surface area contributed by atoms with Crippen molar-refractivity contribution in [1.29, 1.82) is 0 Å². The monoisotopic (exact) mass is 650 g/mol. The first-order chi connectivity index (χ1) is 23.2. The van der Waals surface area contributed by atoms with Crippen LogP contribution in [0.3, 0.4) is 0 Å². The molecule has 48 heavy (non-hydrogen) atoms. The van der Waals surface area contributed by atoms with Gasteiger partial charge in [0.2, 0.25) is 18.0 Å². The predicted octanol–water partition coefficient (Wildman–Crippen LogP) is 5.34. The van der Waals surface area contributed by atoms with Gasteiger partial charge in [0, 0.05) is 28.8 Å². The molecule has 15 nitrogen and oxygen atoms in total. The number of ether oxygens (including phenoxy) is 2. The molecule has 6 rings (SSSR count). The van der Waals surface area contributed by atoms with E-state index in [2.05, 4.69) is 30.2 Å². The fourth-order valence-electron chi connectivity index (χ4n) is 5.42. The fraction of sp³-hybridized carbons (Fsp3) is 0.242. The second-order valence-electron chi connectivity index (χ2n) is 11.0. The summed E-state index contributed by atoms with van der Waals surface area (Å²) in [6.07, 6.45) is -1.01. The highest BCUT2D eigenvalue weighted by Gasteiger charge is 2.28. The summed E-state index contributed by atoms with van der Waals surface area (Å²) in [6.45, 7) is 5.31. The first-order valence-electron chi connectivity index (χ1n) is 15.0. The van der Waals surface area contributed by atoms with Crippen molar-refractivity contribution in [2.45, 2.75) is 53.0 Å². The van der Waals surface area contributed by atoms with E-state index in [1.165, 1.54) is 12.1 Å². The number of tetrazole rings is 1. The van der Waals surface area contributed by atoms with Crippen LogP contribution in [-0.2, 0) is 33.9 Å². The maximum atomic E-state index is 12.9. The lowest BCUT2D eigenvalue weighted by Gasteiger charge is -2.29. The van der Waals surface area contributed by atoms with Crippen LogP contribution in [0.1, 0.15) is 47.8 Å². The molecule has 0 aliphatic carbocycles. The predicted molar refractivity (Wildman–Crippen MR) is 170 cm³/mol. The van der Waals surface area contributed by atoms with E-state index in [4.69, 9.17) is 9.47 Å². The van der Waals surface area contributed by atoms with Gasteiger partial charge in [-0.1, -0.05) is 66.7 Å². The Morgan fingerprint density at radius 2 is 1.71 bits per heavy atom. The van der Waals surface area contributed by atoms with Crippen molar-refractivity contribution in [1.82, 2.24) is 30.2 Å². The van der Waals surface area contributed by atoms with Crippen molar-refractivity contribution in [3.05, 3.63) is 111 Å². The number of hydrogen-bond donors (Lipinski definition) is 0. The van der Waals surface area contributed by atoms with E-state index in [1.807, 2.05) is 62.4 Å². The van der Waals surface area contributed by atoms with E-state index in [9.17, 15) is 19.7 Å². The number of hydrogen-bond acceptors (Lipinski definition) is 12. The summed E-state index contributed by atoms with van der Waals surface area (Å²) in [5.74, 6) is 1.70. The molecule has 1 aliphatic rings. The van der Waals surface area contributed by atoms with E-state index in [0.717, 1.165) is 32.7 Å². The zero-order valence-electron chi connectivity index (χ0n) is 26.3. The summed E-state index contributed by atoms with van der Waals surface area (Å²) in [6, 6.07) is 21.7. The van der Waals surface area contributed by atoms with E-state index in [-0.39, 0.29) is 17.2 Å². The molecule has 15 heteroatoms. The van der Waals surface area contributed by atoms with Crippen LogP contribution < -0.4 is 9.64 Å². The van der Waals surface area contributed by atoms with Crippen molar-refractivity contribution in [2.75, 3.05) is 4.90 Å². The molecule has 1 aliphatic heterocycles. The molecule has 1 atom stereocenters. The van der Waals surface area contributed by atoms with Crippen LogP contribution >= 0.6 is 0 Å². The zero-order valence-corrected chi connectivity index (χ0v) is 26.3. The van der Waals surface area contributed by atoms with E-state index < -0.39 is 24.1 Å². The number of aryl methyl sites for hydroxylation is 2. The van der Waals surface area contributed by atoms with Gasteiger partial charge in [-0.2, -0.15) is 0 Å². The van der Waals surface area contributed by atoms with Crippen LogP contribution in [0.15, 0.2) is 72.8 Å². The van der Waals surface area contributed by atoms with Crippen LogP contribution in [0, 0.1) is 24.0 Å². The number of nitrogens with zero attached hydrogens (tertiary/aromatic N) is 8. The smallest absolute Gasteiger partial charge is 0.407 e. The van der Waals surface area contributed by atoms with Crippen LogP contribution in [0.25, 0.3) is 22.5 Å². The number of benzene rings is 3. The van der Waals surface area contributed by atoms with Gasteiger partial charge >= 0.3 is 6.16 Å². The number of amides is 1. The summed E-state index contributed by atoms with van der Waals surface area (Å²) in [5, 5.41) is 22.3. The van der Waals surface area contributed by atoms with Gasteiger partial charge in [0.15, 0.2) is 0 Å². The average Bonchev–Trinajstić information content (AvgIpc) is 3.57. The number of carbonyl (C=O) groups is 2. The minimum Gasteiger partial charge on any atom is -0.407 e. The van der Waals surface area contributed by atoms with Gasteiger partial charge in [-0.25, -0.2) is 14.8 Å². The summed E-state index contributed by atoms with van der Waals surface area (Å²) in [7, 11) is 0. The third-order valence-corrected chi connectivity index (χ3v) is 7.73. The molecule has 0 radical (unpaired) electrons. The van der Waals surface area contributed by atoms with Gasteiger partial charge in [-0.15, -0.1) is 25.1 Å². The summed E-state index contributed by atoms with van der Waals surface area (Å²) >= 11 is 0. The average molecular weight is 651 g/mol. The lowest BCUT2D eigenvalue weighted by molar-refractivity contribution is -0.763. The van der Waals surface area contributed by atoms with Gasteiger partial charge in [0.1, 0.15) is 24.0 Å². The maximum absolute atomic E-state index is 12.9. The molecule has 0 spiro atoms. The van der Waals surface area contributed by atoms with Crippen LogP contribution in [0.2, 0.25) is 0 Å². The molecule has 0 saturated carbocycles. The molecule has 3 heterocycles. The highest BCUT2D eigenvalue weighted by Crippen LogP contribution is 2.32. The lowest BCUT2D eigenvalue weighted by atomic mass is 9.98. The molecule has 0 N–H and O–H groups in total. The van der Waals surface area contributed by atoms with E-state index >= 15 is 0 Å². The van der Waals surface area contributed by atoms with Crippen LogP contribution in [-0.4, -0.2) is 47.3 Å². The molecule has 1 amide bonds. The van der Waals surface area contributed by atoms with E-state index in [0.29, 0.717) is 42.4 Å². The normalized spacial score (nSPS) is 13.1.